The van der Waals surface area contributed by atoms with Crippen LogP contribution in [0.25, 0.3) is 0 Å². The number of aliphatic hydroxyl groups is 2. The molecule has 0 spiro atoms. The fourth-order valence-corrected chi connectivity index (χ4v) is 9.19. The lowest BCUT2D eigenvalue weighted by Crippen LogP contribution is -2.30. The van der Waals surface area contributed by atoms with E-state index in [1.165, 1.54) is 38.5 Å². The average Bonchev–Trinajstić information content (AvgIpc) is 3.45. The van der Waals surface area contributed by atoms with Crippen LogP contribution in [0.4, 0.5) is 0 Å². The summed E-state index contributed by atoms with van der Waals surface area (Å²) in [6.07, 6.45) is 59.1. The lowest BCUT2D eigenvalue weighted by molar-refractivity contribution is -0.161. The molecule has 5 atom stereocenters. The van der Waals surface area contributed by atoms with Gasteiger partial charge in [0.25, 0.3) is 0 Å². The fraction of sp³-hybridized carbons (Fsp3) is 0.698. The minimum Gasteiger partial charge on any atom is -0.463 e. The number of hydrogen-bond donors (Lipinski definition) is 4. The van der Waals surface area contributed by atoms with E-state index in [9.17, 15) is 43.5 Å². The quantitative estimate of drug-likeness (QED) is 0.0146. The summed E-state index contributed by atoms with van der Waals surface area (Å²) in [7, 11) is -9.77. The standard InChI is InChI=1S/C63H108O16P2/c1-4-7-10-13-16-19-22-24-25-26-27-28-29-30-31-33-36-37-40-43-46-49-61(66)73-52-58(64)53-75-80(69,70)76-54-59(65)55-77-81(71,72)78-57-60(79-63(68)51-48-45-42-39-34-21-18-15-12-9-6-3)56-74-62(67)50-47-44-41-38-35-32-23-20-17-14-11-8-5-2/h7,10-11,14,16,19-20,23-25,27-28,30-31,36-37,58-60,64-65H,4-6,8-9,12-13,15,17-18,21-22,26,29,32-35,38-57H2,1-3H3,(H,69,70)(H,71,72)/b10-7-,14-11-,19-16-,23-20-,25-24-,28-27-,31-30-,37-36-. The van der Waals surface area contributed by atoms with Gasteiger partial charge in [-0.1, -0.05) is 208 Å². The zero-order valence-electron chi connectivity index (χ0n) is 49.9. The van der Waals surface area contributed by atoms with Crippen molar-refractivity contribution in [2.24, 2.45) is 0 Å². The molecule has 0 aliphatic carbocycles. The lowest BCUT2D eigenvalue weighted by Gasteiger charge is -2.21. The van der Waals surface area contributed by atoms with Gasteiger partial charge in [0.2, 0.25) is 0 Å². The largest absolute Gasteiger partial charge is 0.472 e. The number of carbonyl (C=O) groups is 3. The summed E-state index contributed by atoms with van der Waals surface area (Å²) in [6.45, 7) is 2.38. The number of aliphatic hydroxyl groups excluding tert-OH is 2. The topological polar surface area (TPSA) is 231 Å². The Labute approximate surface area is 488 Å². The fourth-order valence-electron chi connectivity index (χ4n) is 7.61. The van der Waals surface area contributed by atoms with Gasteiger partial charge in [0.05, 0.1) is 26.4 Å². The molecule has 0 bridgehead atoms. The Morgan fingerprint density at radius 3 is 1.11 bits per heavy atom. The van der Waals surface area contributed by atoms with Crippen LogP contribution in [0.3, 0.4) is 0 Å². The van der Waals surface area contributed by atoms with Crippen molar-refractivity contribution >= 4 is 33.6 Å². The molecule has 0 aromatic rings. The lowest BCUT2D eigenvalue weighted by atomic mass is 10.1. The van der Waals surface area contributed by atoms with E-state index in [1.54, 1.807) is 0 Å². The minimum absolute atomic E-state index is 0.102. The van der Waals surface area contributed by atoms with Gasteiger partial charge in [-0.2, -0.15) is 0 Å². The zero-order valence-corrected chi connectivity index (χ0v) is 51.7. The van der Waals surface area contributed by atoms with Crippen LogP contribution in [-0.4, -0.2) is 95.9 Å². The SMILES string of the molecule is CC/C=C\C/C=C\C/C=C\C/C=C\C/C=C\C/C=C\CCCCC(=O)OCC(O)COP(=O)(O)OCC(O)COP(=O)(O)OCC(COC(=O)CCCCCCC/C=C\C/C=C\CCC)OC(=O)CCCCCCCCCCCCC. The van der Waals surface area contributed by atoms with Crippen molar-refractivity contribution in [3.63, 3.8) is 0 Å². The highest BCUT2D eigenvalue weighted by atomic mass is 31.2. The minimum atomic E-state index is -4.92. The Bertz CT molecular complexity index is 1870. The molecule has 81 heavy (non-hydrogen) atoms. The highest BCUT2D eigenvalue weighted by Gasteiger charge is 2.29. The van der Waals surface area contributed by atoms with Gasteiger partial charge in [-0.15, -0.1) is 0 Å². The van der Waals surface area contributed by atoms with Gasteiger partial charge in [-0.25, -0.2) is 9.13 Å². The number of hydrogen-bond acceptors (Lipinski definition) is 14. The van der Waals surface area contributed by atoms with Crippen molar-refractivity contribution in [2.45, 2.75) is 245 Å². The Morgan fingerprint density at radius 1 is 0.358 bits per heavy atom. The van der Waals surface area contributed by atoms with Crippen LogP contribution < -0.4 is 0 Å². The van der Waals surface area contributed by atoms with E-state index >= 15 is 0 Å². The predicted octanol–water partition coefficient (Wildman–Crippen LogP) is 16.0. The van der Waals surface area contributed by atoms with Gasteiger partial charge >= 0.3 is 33.6 Å². The van der Waals surface area contributed by atoms with Crippen LogP contribution >= 0.6 is 15.6 Å². The van der Waals surface area contributed by atoms with Gasteiger partial charge in [0, 0.05) is 19.3 Å². The van der Waals surface area contributed by atoms with E-state index in [-0.39, 0.29) is 19.3 Å². The third kappa shape index (κ3) is 58.1. The third-order valence-electron chi connectivity index (χ3n) is 12.3. The molecule has 0 aliphatic rings. The van der Waals surface area contributed by atoms with Crippen molar-refractivity contribution in [2.75, 3.05) is 39.6 Å². The summed E-state index contributed by atoms with van der Waals surface area (Å²) < 4.78 is 60.5. The van der Waals surface area contributed by atoms with Gasteiger partial charge in [-0.05, 0) is 96.3 Å². The van der Waals surface area contributed by atoms with E-state index in [1.807, 2.05) is 0 Å². The number of rotatable bonds is 57. The summed E-state index contributed by atoms with van der Waals surface area (Å²) in [5.41, 5.74) is 0. The van der Waals surface area contributed by atoms with Crippen molar-refractivity contribution in [1.82, 2.24) is 0 Å². The summed E-state index contributed by atoms with van der Waals surface area (Å²) in [6, 6.07) is 0. The first kappa shape index (κ1) is 77.5. The molecule has 0 aromatic heterocycles. The number of carbonyl (C=O) groups excluding carboxylic acids is 3. The molecule has 0 aliphatic heterocycles. The summed E-state index contributed by atoms with van der Waals surface area (Å²) in [5.74, 6) is -1.64. The number of phosphoric ester groups is 2. The first-order valence-electron chi connectivity index (χ1n) is 30.5. The van der Waals surface area contributed by atoms with E-state index in [0.29, 0.717) is 19.3 Å². The molecule has 0 heterocycles. The Kier molecular flexibility index (Phi) is 54.4. The van der Waals surface area contributed by atoms with E-state index in [2.05, 4.69) is 118 Å². The first-order chi connectivity index (χ1) is 39.2. The highest BCUT2D eigenvalue weighted by Crippen LogP contribution is 2.45. The molecule has 0 amide bonds. The molecule has 5 unspecified atom stereocenters. The number of esters is 3. The van der Waals surface area contributed by atoms with Crippen LogP contribution in [0.1, 0.15) is 226 Å². The van der Waals surface area contributed by atoms with Crippen LogP contribution in [0, 0.1) is 0 Å². The van der Waals surface area contributed by atoms with E-state index in [0.717, 1.165) is 128 Å². The highest BCUT2D eigenvalue weighted by molar-refractivity contribution is 7.47. The molecule has 0 fully saturated rings. The van der Waals surface area contributed by atoms with E-state index in [4.69, 9.17) is 32.3 Å². The maximum atomic E-state index is 12.8. The van der Waals surface area contributed by atoms with Gasteiger partial charge in [0.15, 0.2) is 6.10 Å². The molecule has 0 saturated heterocycles. The van der Waals surface area contributed by atoms with Gasteiger partial charge in [0.1, 0.15) is 25.4 Å². The van der Waals surface area contributed by atoms with Crippen LogP contribution in [0.2, 0.25) is 0 Å². The molecule has 18 heteroatoms. The predicted molar refractivity (Wildman–Crippen MR) is 325 cm³/mol. The second-order valence-corrected chi connectivity index (χ2v) is 23.0. The van der Waals surface area contributed by atoms with Gasteiger partial charge in [-0.3, -0.25) is 32.5 Å². The summed E-state index contributed by atoms with van der Waals surface area (Å²) in [5, 5.41) is 20.4. The van der Waals surface area contributed by atoms with Crippen LogP contribution in [-0.2, 0) is 55.8 Å². The number of ether oxygens (including phenoxy) is 3. The smallest absolute Gasteiger partial charge is 0.463 e. The monoisotopic (exact) mass is 1180 g/mol. The molecule has 0 radical (unpaired) electrons. The maximum absolute atomic E-state index is 12.8. The molecule has 0 aromatic carbocycles. The molecule has 0 saturated carbocycles. The van der Waals surface area contributed by atoms with Crippen molar-refractivity contribution < 1.29 is 75.8 Å². The summed E-state index contributed by atoms with van der Waals surface area (Å²) >= 11 is 0. The zero-order chi connectivity index (χ0) is 59.6. The van der Waals surface area contributed by atoms with Crippen LogP contribution in [0.15, 0.2) is 97.2 Å². The van der Waals surface area contributed by atoms with Crippen molar-refractivity contribution in [3.05, 3.63) is 97.2 Å². The number of phosphoric acid groups is 2. The average molecular weight is 1180 g/mol. The second-order valence-electron chi connectivity index (χ2n) is 20.1. The molecular weight excluding hydrogens is 1070 g/mol. The van der Waals surface area contributed by atoms with Crippen LogP contribution in [0.5, 0.6) is 0 Å². The number of allylic oxidation sites excluding steroid dienone is 16. The second kappa shape index (κ2) is 56.9. The molecule has 16 nitrogen and oxygen atoms in total. The normalized spacial score (nSPS) is 15.1. The number of unbranched alkanes of at least 4 members (excludes halogenated alkanes) is 18. The molecule has 466 valence electrons. The maximum Gasteiger partial charge on any atom is 0.472 e. The first-order valence-corrected chi connectivity index (χ1v) is 33.5. The Morgan fingerprint density at radius 2 is 0.679 bits per heavy atom. The van der Waals surface area contributed by atoms with Gasteiger partial charge < -0.3 is 34.2 Å². The Hall–Kier alpha value is -3.53. The molecular formula is C63H108O16P2. The molecule has 4 N–H and O–H groups in total. The van der Waals surface area contributed by atoms with Crippen molar-refractivity contribution in [1.29, 1.82) is 0 Å². The Balaban J connectivity index is 4.62. The summed E-state index contributed by atoms with van der Waals surface area (Å²) in [4.78, 5) is 58.0. The van der Waals surface area contributed by atoms with E-state index < -0.39 is 91.5 Å². The van der Waals surface area contributed by atoms with Crippen molar-refractivity contribution in [3.8, 4) is 0 Å². The third-order valence-corrected chi connectivity index (χ3v) is 14.2. The molecule has 0 rings (SSSR count).